The highest BCUT2D eigenvalue weighted by Crippen LogP contribution is 2.28. The van der Waals surface area contributed by atoms with Crippen molar-refractivity contribution in [2.45, 2.75) is 11.4 Å². The lowest BCUT2D eigenvalue weighted by Crippen LogP contribution is -1.88. The van der Waals surface area contributed by atoms with Crippen molar-refractivity contribution in [3.05, 3.63) is 23.8 Å². The van der Waals surface area contributed by atoms with E-state index in [0.717, 1.165) is 18.0 Å². The molecule has 1 aromatic rings. The fourth-order valence-corrected chi connectivity index (χ4v) is 2.12. The third kappa shape index (κ3) is 1.86. The Bertz CT molecular complexity index is 336. The van der Waals surface area contributed by atoms with Gasteiger partial charge in [0.25, 0.3) is 0 Å². The summed E-state index contributed by atoms with van der Waals surface area (Å²) in [6.45, 7) is 0.777. The third-order valence-corrected chi connectivity index (χ3v) is 3.00. The van der Waals surface area contributed by atoms with Crippen molar-refractivity contribution < 1.29 is 4.74 Å². The number of fused-ring (bicyclic) bond motifs is 1. The van der Waals surface area contributed by atoms with E-state index >= 15 is 0 Å². The number of aliphatic imine (C=N–C) groups is 1. The molecule has 0 radical (unpaired) electrons. The van der Waals surface area contributed by atoms with Crippen LogP contribution in [-0.2, 0) is 6.54 Å². The maximum atomic E-state index is 5.16. The highest BCUT2D eigenvalue weighted by Gasteiger charge is 2.06. The van der Waals surface area contributed by atoms with Gasteiger partial charge in [-0.25, -0.2) is 0 Å². The Morgan fingerprint density at radius 2 is 2.38 bits per heavy atom. The van der Waals surface area contributed by atoms with Crippen LogP contribution in [0.2, 0.25) is 0 Å². The molecule has 0 aromatic heterocycles. The van der Waals surface area contributed by atoms with E-state index in [4.69, 9.17) is 4.74 Å². The lowest BCUT2D eigenvalue weighted by Gasteiger charge is -2.06. The highest BCUT2D eigenvalue weighted by molar-refractivity contribution is 8.00. The molecule has 0 N–H and O–H groups in total. The molecule has 0 bridgehead atoms. The molecule has 0 saturated heterocycles. The summed E-state index contributed by atoms with van der Waals surface area (Å²) >= 11 is 1.82. The smallest absolute Gasteiger partial charge is 0.119 e. The molecule has 68 valence electrons. The van der Waals surface area contributed by atoms with Gasteiger partial charge in [-0.2, -0.15) is 0 Å². The fraction of sp³-hybridized carbons (Fsp3) is 0.300. The van der Waals surface area contributed by atoms with Gasteiger partial charge in [-0.05, 0) is 23.8 Å². The minimum atomic E-state index is 0.777. The molecule has 1 aromatic carbocycles. The lowest BCUT2D eigenvalue weighted by atomic mass is 10.2. The summed E-state index contributed by atoms with van der Waals surface area (Å²) in [6.07, 6.45) is 1.97. The molecule has 13 heavy (non-hydrogen) atoms. The average molecular weight is 193 g/mol. The van der Waals surface area contributed by atoms with E-state index < -0.39 is 0 Å². The largest absolute Gasteiger partial charge is 0.497 e. The van der Waals surface area contributed by atoms with Crippen molar-refractivity contribution >= 4 is 18.0 Å². The first kappa shape index (κ1) is 8.63. The van der Waals surface area contributed by atoms with Crippen LogP contribution in [0.25, 0.3) is 0 Å². The standard InChI is InChI=1S/C10H11NOS/c1-12-9-2-3-10-8(6-9)7-11-4-5-13-10/h2-4,6H,5,7H2,1H3. The van der Waals surface area contributed by atoms with Gasteiger partial charge in [0.2, 0.25) is 0 Å². The first-order chi connectivity index (χ1) is 6.40. The topological polar surface area (TPSA) is 21.6 Å². The predicted molar refractivity (Wildman–Crippen MR) is 55.9 cm³/mol. The Morgan fingerprint density at radius 1 is 1.46 bits per heavy atom. The lowest BCUT2D eigenvalue weighted by molar-refractivity contribution is 0.414. The van der Waals surface area contributed by atoms with Crippen LogP contribution in [0.5, 0.6) is 5.75 Å². The zero-order chi connectivity index (χ0) is 9.10. The average Bonchev–Trinajstić information content (AvgIpc) is 2.41. The molecular weight excluding hydrogens is 182 g/mol. The van der Waals surface area contributed by atoms with E-state index in [1.807, 2.05) is 24.0 Å². The second-order valence-electron chi connectivity index (χ2n) is 2.81. The second kappa shape index (κ2) is 3.83. The molecule has 0 atom stereocenters. The third-order valence-electron chi connectivity index (χ3n) is 1.97. The van der Waals surface area contributed by atoms with E-state index in [2.05, 4.69) is 17.1 Å². The zero-order valence-electron chi connectivity index (χ0n) is 7.49. The first-order valence-electron chi connectivity index (χ1n) is 4.18. The molecular formula is C10H11NOS. The van der Waals surface area contributed by atoms with E-state index in [1.54, 1.807) is 7.11 Å². The van der Waals surface area contributed by atoms with Crippen LogP contribution in [0, 0.1) is 0 Å². The van der Waals surface area contributed by atoms with Gasteiger partial charge in [0.15, 0.2) is 0 Å². The van der Waals surface area contributed by atoms with Gasteiger partial charge in [0, 0.05) is 16.9 Å². The van der Waals surface area contributed by atoms with Gasteiger partial charge >= 0.3 is 0 Å². The Morgan fingerprint density at radius 3 is 3.23 bits per heavy atom. The zero-order valence-corrected chi connectivity index (χ0v) is 8.30. The van der Waals surface area contributed by atoms with E-state index in [-0.39, 0.29) is 0 Å². The number of benzene rings is 1. The van der Waals surface area contributed by atoms with Crippen LogP contribution < -0.4 is 4.74 Å². The number of ether oxygens (including phenoxy) is 1. The molecule has 0 amide bonds. The van der Waals surface area contributed by atoms with E-state index in [0.29, 0.717) is 0 Å². The molecule has 0 saturated carbocycles. The summed E-state index contributed by atoms with van der Waals surface area (Å²) in [7, 11) is 1.69. The van der Waals surface area contributed by atoms with Crippen LogP contribution in [0.1, 0.15) is 5.56 Å². The van der Waals surface area contributed by atoms with Crippen molar-refractivity contribution in [3.63, 3.8) is 0 Å². The molecule has 0 fully saturated rings. The number of hydrogen-bond acceptors (Lipinski definition) is 3. The van der Waals surface area contributed by atoms with Crippen LogP contribution in [0.4, 0.5) is 0 Å². The minimum absolute atomic E-state index is 0.777. The summed E-state index contributed by atoms with van der Waals surface area (Å²) in [5, 5.41) is 0. The number of thioether (sulfide) groups is 1. The summed E-state index contributed by atoms with van der Waals surface area (Å²) in [6, 6.07) is 6.16. The Balaban J connectivity index is 2.37. The Hall–Kier alpha value is -0.960. The van der Waals surface area contributed by atoms with Gasteiger partial charge in [-0.1, -0.05) is 0 Å². The molecule has 2 nitrogen and oxygen atoms in total. The minimum Gasteiger partial charge on any atom is -0.497 e. The SMILES string of the molecule is COc1ccc2c(c1)CN=CCS2. The van der Waals surface area contributed by atoms with Crippen molar-refractivity contribution in [3.8, 4) is 5.75 Å². The number of methoxy groups -OCH3 is 1. The molecule has 3 heteroatoms. The van der Waals surface area contributed by atoms with Gasteiger partial charge in [0.1, 0.15) is 5.75 Å². The highest BCUT2D eigenvalue weighted by atomic mass is 32.2. The predicted octanol–water partition coefficient (Wildman–Crippen LogP) is 2.37. The van der Waals surface area contributed by atoms with Gasteiger partial charge < -0.3 is 4.74 Å². The fourth-order valence-electron chi connectivity index (χ4n) is 1.29. The number of hydrogen-bond donors (Lipinski definition) is 0. The number of nitrogens with zero attached hydrogens (tertiary/aromatic N) is 1. The molecule has 1 aliphatic rings. The van der Waals surface area contributed by atoms with Gasteiger partial charge in [-0.15, -0.1) is 11.8 Å². The van der Waals surface area contributed by atoms with Crippen LogP contribution in [-0.4, -0.2) is 19.1 Å². The molecule has 0 aliphatic carbocycles. The summed E-state index contributed by atoms with van der Waals surface area (Å²) < 4.78 is 5.16. The maximum absolute atomic E-state index is 5.16. The normalized spacial score (nSPS) is 14.8. The van der Waals surface area contributed by atoms with Crippen molar-refractivity contribution in [1.29, 1.82) is 0 Å². The van der Waals surface area contributed by atoms with Crippen molar-refractivity contribution in [2.24, 2.45) is 4.99 Å². The summed E-state index contributed by atoms with van der Waals surface area (Å²) in [4.78, 5) is 5.60. The molecule has 0 unspecified atom stereocenters. The quantitative estimate of drug-likeness (QED) is 0.683. The van der Waals surface area contributed by atoms with Crippen LogP contribution >= 0.6 is 11.8 Å². The molecule has 0 spiro atoms. The molecule has 1 heterocycles. The van der Waals surface area contributed by atoms with Gasteiger partial charge in [0.05, 0.1) is 13.7 Å². The maximum Gasteiger partial charge on any atom is 0.119 e. The molecule has 2 rings (SSSR count). The van der Waals surface area contributed by atoms with E-state index in [1.165, 1.54) is 10.5 Å². The van der Waals surface area contributed by atoms with Gasteiger partial charge in [-0.3, -0.25) is 4.99 Å². The monoisotopic (exact) mass is 193 g/mol. The molecule has 1 aliphatic heterocycles. The van der Waals surface area contributed by atoms with Crippen LogP contribution in [0.3, 0.4) is 0 Å². The van der Waals surface area contributed by atoms with Crippen LogP contribution in [0.15, 0.2) is 28.1 Å². The Labute approximate surface area is 82.0 Å². The first-order valence-corrected chi connectivity index (χ1v) is 5.17. The summed E-state index contributed by atoms with van der Waals surface area (Å²) in [5.41, 5.74) is 1.26. The second-order valence-corrected chi connectivity index (χ2v) is 3.87. The van der Waals surface area contributed by atoms with Crippen molar-refractivity contribution in [2.75, 3.05) is 12.9 Å². The number of rotatable bonds is 1. The van der Waals surface area contributed by atoms with Crippen molar-refractivity contribution in [1.82, 2.24) is 0 Å². The van der Waals surface area contributed by atoms with E-state index in [9.17, 15) is 0 Å². The summed E-state index contributed by atoms with van der Waals surface area (Å²) in [5.74, 6) is 1.88. The Kier molecular flexibility index (Phi) is 2.54.